The zero-order chi connectivity index (χ0) is 18.0. The minimum absolute atomic E-state index is 0.499. The summed E-state index contributed by atoms with van der Waals surface area (Å²) in [4.78, 5) is 13.9. The predicted octanol–water partition coefficient (Wildman–Crippen LogP) is 4.68. The molecule has 0 aliphatic heterocycles. The number of hydrogen-bond donors (Lipinski definition) is 2. The lowest BCUT2D eigenvalue weighted by Gasteiger charge is -2.09. The van der Waals surface area contributed by atoms with Crippen molar-refractivity contribution in [3.8, 4) is 0 Å². The van der Waals surface area contributed by atoms with E-state index < -0.39 is 12.0 Å². The monoisotopic (exact) mass is 356 g/mol. The summed E-state index contributed by atoms with van der Waals surface area (Å²) in [5.74, 6) is -0.502. The first kappa shape index (κ1) is 17.5. The lowest BCUT2D eigenvalue weighted by atomic mass is 10.0. The summed E-state index contributed by atoms with van der Waals surface area (Å²) in [6.07, 6.45) is 1.87. The standard InChI is InChI=1S/C20H21ClN2O2/c1-13(2)15-9-7-14(8-10-15)11-23-12-17(19(22-21)20(24)25)16-5-3-4-6-18(16)23/h3-10,12-13,19,22H,11H2,1-2H3,(H,24,25). The Morgan fingerprint density at radius 3 is 2.44 bits per heavy atom. The number of carboxylic acid groups (broad SMARTS) is 1. The van der Waals surface area contributed by atoms with Gasteiger partial charge in [-0.25, -0.2) is 4.84 Å². The highest BCUT2D eigenvalue weighted by molar-refractivity contribution is 6.15. The van der Waals surface area contributed by atoms with Crippen LogP contribution in [0.2, 0.25) is 0 Å². The maximum atomic E-state index is 11.5. The lowest BCUT2D eigenvalue weighted by Crippen LogP contribution is -2.21. The molecule has 0 bridgehead atoms. The van der Waals surface area contributed by atoms with E-state index in [-0.39, 0.29) is 0 Å². The summed E-state index contributed by atoms with van der Waals surface area (Å²) < 4.78 is 2.07. The Balaban J connectivity index is 2.00. The zero-order valence-electron chi connectivity index (χ0n) is 14.2. The molecular formula is C20H21ClN2O2. The molecule has 2 aromatic carbocycles. The number of fused-ring (bicyclic) bond motifs is 1. The largest absolute Gasteiger partial charge is 0.480 e. The average Bonchev–Trinajstić information content (AvgIpc) is 2.94. The van der Waals surface area contributed by atoms with Gasteiger partial charge in [0.05, 0.1) is 0 Å². The van der Waals surface area contributed by atoms with E-state index in [0.717, 1.165) is 10.9 Å². The van der Waals surface area contributed by atoms with Gasteiger partial charge in [-0.2, -0.15) is 0 Å². The van der Waals surface area contributed by atoms with E-state index >= 15 is 0 Å². The molecule has 2 N–H and O–H groups in total. The number of benzene rings is 2. The number of nitrogens with zero attached hydrogens (tertiary/aromatic N) is 1. The summed E-state index contributed by atoms with van der Waals surface area (Å²) in [5, 5.41) is 10.3. The SMILES string of the molecule is CC(C)c1ccc(Cn2cc(C(NCl)C(=O)O)c3ccccc32)cc1. The van der Waals surface area contributed by atoms with Gasteiger partial charge in [0.25, 0.3) is 0 Å². The van der Waals surface area contributed by atoms with E-state index in [2.05, 4.69) is 47.5 Å². The molecule has 1 atom stereocenters. The Hall–Kier alpha value is -2.30. The van der Waals surface area contributed by atoms with Crippen molar-refractivity contribution in [2.24, 2.45) is 0 Å². The third kappa shape index (κ3) is 3.55. The van der Waals surface area contributed by atoms with E-state index in [9.17, 15) is 9.90 Å². The van der Waals surface area contributed by atoms with Crippen molar-refractivity contribution >= 4 is 28.6 Å². The summed E-state index contributed by atoms with van der Waals surface area (Å²) in [7, 11) is 0. The normalized spacial score (nSPS) is 12.6. The molecule has 0 amide bonds. The van der Waals surface area contributed by atoms with Gasteiger partial charge in [0.15, 0.2) is 0 Å². The van der Waals surface area contributed by atoms with E-state index in [1.54, 1.807) is 0 Å². The number of nitrogens with one attached hydrogen (secondary N) is 1. The van der Waals surface area contributed by atoms with Crippen LogP contribution in [0.15, 0.2) is 54.7 Å². The highest BCUT2D eigenvalue weighted by atomic mass is 35.5. The Bertz CT molecular complexity index is 884. The molecule has 130 valence electrons. The molecule has 0 spiro atoms. The van der Waals surface area contributed by atoms with E-state index in [0.29, 0.717) is 18.0 Å². The Morgan fingerprint density at radius 2 is 1.84 bits per heavy atom. The lowest BCUT2D eigenvalue weighted by molar-refractivity contribution is -0.139. The molecule has 0 saturated heterocycles. The molecule has 1 aromatic heterocycles. The fraction of sp³-hybridized carbons (Fsp3) is 0.250. The van der Waals surface area contributed by atoms with Crippen LogP contribution in [0.5, 0.6) is 0 Å². The number of rotatable bonds is 6. The van der Waals surface area contributed by atoms with Crippen molar-refractivity contribution in [2.45, 2.75) is 32.4 Å². The van der Waals surface area contributed by atoms with Crippen LogP contribution >= 0.6 is 11.8 Å². The Labute approximate surface area is 152 Å². The number of carbonyl (C=O) groups is 1. The quantitative estimate of drug-likeness (QED) is 0.630. The topological polar surface area (TPSA) is 54.3 Å². The molecule has 5 heteroatoms. The molecule has 1 heterocycles. The molecule has 0 fully saturated rings. The second-order valence-corrected chi connectivity index (χ2v) is 6.72. The average molecular weight is 357 g/mol. The second kappa shape index (κ2) is 7.30. The van der Waals surface area contributed by atoms with Crippen LogP contribution in [0.3, 0.4) is 0 Å². The Morgan fingerprint density at radius 1 is 1.16 bits per heavy atom. The van der Waals surface area contributed by atoms with Gasteiger partial charge in [0.2, 0.25) is 0 Å². The van der Waals surface area contributed by atoms with Gasteiger partial charge in [-0.15, -0.1) is 0 Å². The first-order valence-electron chi connectivity index (χ1n) is 8.27. The summed E-state index contributed by atoms with van der Waals surface area (Å²) in [5.41, 5.74) is 4.13. The van der Waals surface area contributed by atoms with Gasteiger partial charge in [-0.3, -0.25) is 4.79 Å². The van der Waals surface area contributed by atoms with Crippen LogP contribution in [-0.4, -0.2) is 15.6 Å². The van der Waals surface area contributed by atoms with E-state index in [1.807, 2.05) is 30.5 Å². The van der Waals surface area contributed by atoms with Gasteiger partial charge < -0.3 is 9.67 Å². The smallest absolute Gasteiger partial charge is 0.326 e. The maximum absolute atomic E-state index is 11.5. The molecule has 4 nitrogen and oxygen atoms in total. The Kier molecular flexibility index (Phi) is 5.11. The van der Waals surface area contributed by atoms with Crippen molar-refractivity contribution in [2.75, 3.05) is 0 Å². The number of aliphatic carboxylic acids is 1. The summed E-state index contributed by atoms with van der Waals surface area (Å²) in [6, 6.07) is 15.4. The van der Waals surface area contributed by atoms with Gasteiger partial charge >= 0.3 is 5.97 Å². The first-order valence-corrected chi connectivity index (χ1v) is 8.64. The van der Waals surface area contributed by atoms with Crippen molar-refractivity contribution in [1.29, 1.82) is 0 Å². The van der Waals surface area contributed by atoms with Crippen LogP contribution in [0.25, 0.3) is 10.9 Å². The fourth-order valence-corrected chi connectivity index (χ4v) is 3.29. The van der Waals surface area contributed by atoms with E-state index in [4.69, 9.17) is 11.8 Å². The molecule has 3 rings (SSSR count). The summed E-state index contributed by atoms with van der Waals surface area (Å²) >= 11 is 5.67. The fourth-order valence-electron chi connectivity index (χ4n) is 3.08. The van der Waals surface area contributed by atoms with Gasteiger partial charge in [0, 0.05) is 29.2 Å². The highest BCUT2D eigenvalue weighted by Gasteiger charge is 2.23. The van der Waals surface area contributed by atoms with Gasteiger partial charge in [-0.05, 0) is 34.9 Å². The number of para-hydroxylation sites is 1. The second-order valence-electron chi connectivity index (χ2n) is 6.51. The number of halogens is 1. The van der Waals surface area contributed by atoms with Crippen LogP contribution in [0.1, 0.15) is 42.5 Å². The predicted molar refractivity (Wildman–Crippen MR) is 101 cm³/mol. The molecule has 0 aliphatic rings. The molecule has 0 radical (unpaired) electrons. The summed E-state index contributed by atoms with van der Waals surface area (Å²) in [6.45, 7) is 5.02. The maximum Gasteiger partial charge on any atom is 0.326 e. The third-order valence-electron chi connectivity index (χ3n) is 4.49. The molecule has 25 heavy (non-hydrogen) atoms. The molecule has 3 aromatic rings. The molecule has 0 aliphatic carbocycles. The highest BCUT2D eigenvalue weighted by Crippen LogP contribution is 2.28. The van der Waals surface area contributed by atoms with Crippen molar-refractivity contribution in [1.82, 2.24) is 9.40 Å². The number of aromatic nitrogens is 1. The zero-order valence-corrected chi connectivity index (χ0v) is 15.0. The van der Waals surface area contributed by atoms with Crippen molar-refractivity contribution < 1.29 is 9.90 Å². The molecular weight excluding hydrogens is 336 g/mol. The van der Waals surface area contributed by atoms with Crippen LogP contribution in [-0.2, 0) is 11.3 Å². The van der Waals surface area contributed by atoms with Crippen molar-refractivity contribution in [3.05, 3.63) is 71.4 Å². The number of carboxylic acids is 1. The minimum atomic E-state index is -1.00. The van der Waals surface area contributed by atoms with Crippen LogP contribution < -0.4 is 4.84 Å². The molecule has 1 unspecified atom stereocenters. The third-order valence-corrected chi connectivity index (χ3v) is 4.70. The van der Waals surface area contributed by atoms with Crippen LogP contribution in [0, 0.1) is 0 Å². The van der Waals surface area contributed by atoms with Crippen molar-refractivity contribution in [3.63, 3.8) is 0 Å². The van der Waals surface area contributed by atoms with Crippen LogP contribution in [0.4, 0.5) is 0 Å². The molecule has 0 saturated carbocycles. The number of hydrogen-bond acceptors (Lipinski definition) is 2. The minimum Gasteiger partial charge on any atom is -0.480 e. The van der Waals surface area contributed by atoms with Gasteiger partial charge in [-0.1, -0.05) is 56.3 Å². The first-order chi connectivity index (χ1) is 12.0. The van der Waals surface area contributed by atoms with E-state index in [1.165, 1.54) is 11.1 Å². The van der Waals surface area contributed by atoms with Gasteiger partial charge in [0.1, 0.15) is 6.04 Å².